The Morgan fingerprint density at radius 3 is 2.80 bits per heavy atom. The number of amides is 1. The molecule has 0 saturated heterocycles. The maximum Gasteiger partial charge on any atom is 0.262 e. The molecule has 2 aromatic heterocycles. The van der Waals surface area contributed by atoms with Crippen LogP contribution in [0.5, 0.6) is 0 Å². The van der Waals surface area contributed by atoms with Crippen LogP contribution in [-0.4, -0.2) is 32.7 Å². The summed E-state index contributed by atoms with van der Waals surface area (Å²) in [5.41, 5.74) is 2.08. The Hall–Kier alpha value is -2.44. The molecule has 0 spiro atoms. The molecule has 1 aliphatic rings. The molecule has 1 N–H and O–H groups in total. The zero-order valence-electron chi connectivity index (χ0n) is 11.7. The van der Waals surface area contributed by atoms with Crippen molar-refractivity contribution in [1.82, 2.24) is 19.7 Å². The van der Waals surface area contributed by atoms with E-state index in [1.165, 1.54) is 0 Å². The lowest BCUT2D eigenvalue weighted by atomic mass is 10.3. The quantitative estimate of drug-likeness (QED) is 0.915. The first-order valence-electron chi connectivity index (χ1n) is 6.50. The number of fused-ring (bicyclic) bond motifs is 1. The molecule has 104 valence electrons. The van der Waals surface area contributed by atoms with Gasteiger partial charge in [-0.25, -0.2) is 9.97 Å². The summed E-state index contributed by atoms with van der Waals surface area (Å²) < 4.78 is 1.83. The van der Waals surface area contributed by atoms with Crippen molar-refractivity contribution in [3.05, 3.63) is 29.8 Å². The van der Waals surface area contributed by atoms with Gasteiger partial charge in [-0.3, -0.25) is 14.4 Å². The number of hydrogen-bond acceptors (Lipinski definition) is 5. The molecule has 0 aromatic carbocycles. The molecule has 7 nitrogen and oxygen atoms in total. The number of carbonyl (C=O) groups excluding carboxylic acids is 1. The lowest BCUT2D eigenvalue weighted by Crippen LogP contribution is -2.22. The van der Waals surface area contributed by atoms with Crippen LogP contribution in [0.2, 0.25) is 0 Å². The normalized spacial score (nSPS) is 14.0. The summed E-state index contributed by atoms with van der Waals surface area (Å²) in [6, 6.07) is 0.263. The van der Waals surface area contributed by atoms with Crippen molar-refractivity contribution >= 4 is 17.5 Å². The number of nitrogens with zero attached hydrogens (tertiary/aromatic N) is 5. The zero-order valence-corrected chi connectivity index (χ0v) is 11.7. The van der Waals surface area contributed by atoms with Crippen molar-refractivity contribution in [2.75, 3.05) is 17.3 Å². The molecule has 0 unspecified atom stereocenters. The molecule has 0 bridgehead atoms. The molecule has 0 aliphatic carbocycles. The van der Waals surface area contributed by atoms with Gasteiger partial charge in [0.2, 0.25) is 5.95 Å². The van der Waals surface area contributed by atoms with Crippen molar-refractivity contribution < 1.29 is 4.79 Å². The Morgan fingerprint density at radius 1 is 1.35 bits per heavy atom. The molecule has 0 atom stereocenters. The van der Waals surface area contributed by atoms with Crippen molar-refractivity contribution in [1.29, 1.82) is 0 Å². The second-order valence-corrected chi connectivity index (χ2v) is 4.97. The van der Waals surface area contributed by atoms with Crippen LogP contribution in [0.25, 0.3) is 0 Å². The van der Waals surface area contributed by atoms with Gasteiger partial charge in [0, 0.05) is 25.5 Å². The summed E-state index contributed by atoms with van der Waals surface area (Å²) in [6.07, 6.45) is 5.15. The third kappa shape index (κ3) is 1.91. The minimum absolute atomic E-state index is 0.0778. The number of nitrogens with one attached hydrogen (secondary N) is 1. The average molecular weight is 272 g/mol. The standard InChI is InChI=1S/C13H16N6O/c1-8(2)19-6-9(4-16-19)18-7-11-10(12(18)20)5-15-13(14-3)17-11/h4-6,8H,7H2,1-3H3,(H,14,15,17). The Balaban J connectivity index is 1.92. The number of aromatic nitrogens is 4. The molecule has 20 heavy (non-hydrogen) atoms. The molecule has 3 heterocycles. The lowest BCUT2D eigenvalue weighted by molar-refractivity contribution is 0.0996. The number of anilines is 2. The fraction of sp³-hybridized carbons (Fsp3) is 0.385. The van der Waals surface area contributed by atoms with Gasteiger partial charge in [-0.1, -0.05) is 0 Å². The summed E-state index contributed by atoms with van der Waals surface area (Å²) in [7, 11) is 1.75. The molecule has 0 fully saturated rings. The second-order valence-electron chi connectivity index (χ2n) is 4.97. The van der Waals surface area contributed by atoms with Gasteiger partial charge in [0.25, 0.3) is 5.91 Å². The maximum absolute atomic E-state index is 12.4. The first-order valence-corrected chi connectivity index (χ1v) is 6.50. The highest BCUT2D eigenvalue weighted by Crippen LogP contribution is 2.27. The lowest BCUT2D eigenvalue weighted by Gasteiger charge is -2.12. The Labute approximate surface area is 116 Å². The van der Waals surface area contributed by atoms with Gasteiger partial charge in [-0.15, -0.1) is 0 Å². The molecule has 3 rings (SSSR count). The summed E-state index contributed by atoms with van der Waals surface area (Å²) in [4.78, 5) is 22.5. The van der Waals surface area contributed by atoms with Crippen molar-refractivity contribution in [3.63, 3.8) is 0 Å². The van der Waals surface area contributed by atoms with Crippen LogP contribution in [0.3, 0.4) is 0 Å². The van der Waals surface area contributed by atoms with E-state index in [9.17, 15) is 4.79 Å². The summed E-state index contributed by atoms with van der Waals surface area (Å²) in [5, 5.41) is 7.14. The highest BCUT2D eigenvalue weighted by atomic mass is 16.2. The first-order chi connectivity index (χ1) is 9.60. The Kier molecular flexibility index (Phi) is 2.89. The fourth-order valence-corrected chi connectivity index (χ4v) is 2.16. The summed E-state index contributed by atoms with van der Waals surface area (Å²) in [6.45, 7) is 4.54. The SMILES string of the molecule is CNc1ncc2c(n1)CN(c1cnn(C(C)C)c1)C2=O. The third-order valence-corrected chi connectivity index (χ3v) is 3.30. The summed E-state index contributed by atoms with van der Waals surface area (Å²) >= 11 is 0. The van der Waals surface area contributed by atoms with E-state index in [0.29, 0.717) is 18.1 Å². The van der Waals surface area contributed by atoms with Gasteiger partial charge in [0.15, 0.2) is 0 Å². The van der Waals surface area contributed by atoms with Gasteiger partial charge < -0.3 is 5.32 Å². The van der Waals surface area contributed by atoms with Gasteiger partial charge in [0.05, 0.1) is 29.7 Å². The van der Waals surface area contributed by atoms with Crippen LogP contribution in [-0.2, 0) is 6.54 Å². The van der Waals surface area contributed by atoms with E-state index < -0.39 is 0 Å². The highest BCUT2D eigenvalue weighted by Gasteiger charge is 2.31. The molecular weight excluding hydrogens is 256 g/mol. The van der Waals surface area contributed by atoms with E-state index in [1.54, 1.807) is 24.3 Å². The van der Waals surface area contributed by atoms with E-state index in [2.05, 4.69) is 20.4 Å². The number of hydrogen-bond donors (Lipinski definition) is 1. The minimum Gasteiger partial charge on any atom is -0.357 e. The van der Waals surface area contributed by atoms with Crippen molar-refractivity contribution in [2.45, 2.75) is 26.4 Å². The van der Waals surface area contributed by atoms with Crippen molar-refractivity contribution in [3.8, 4) is 0 Å². The smallest absolute Gasteiger partial charge is 0.262 e. The Morgan fingerprint density at radius 2 is 2.15 bits per heavy atom. The van der Waals surface area contributed by atoms with E-state index in [1.807, 2.05) is 24.7 Å². The van der Waals surface area contributed by atoms with E-state index >= 15 is 0 Å². The van der Waals surface area contributed by atoms with E-state index in [4.69, 9.17) is 0 Å². The Bertz CT molecular complexity index is 663. The largest absolute Gasteiger partial charge is 0.357 e. The van der Waals surface area contributed by atoms with Crippen LogP contribution >= 0.6 is 0 Å². The molecule has 1 amide bonds. The topological polar surface area (TPSA) is 75.9 Å². The first kappa shape index (κ1) is 12.6. The molecule has 1 aliphatic heterocycles. The van der Waals surface area contributed by atoms with Crippen LogP contribution in [0, 0.1) is 0 Å². The van der Waals surface area contributed by atoms with Gasteiger partial charge >= 0.3 is 0 Å². The van der Waals surface area contributed by atoms with Gasteiger partial charge in [-0.2, -0.15) is 5.10 Å². The van der Waals surface area contributed by atoms with Gasteiger partial charge in [-0.05, 0) is 13.8 Å². The number of rotatable bonds is 3. The van der Waals surface area contributed by atoms with E-state index in [0.717, 1.165) is 11.4 Å². The molecule has 0 radical (unpaired) electrons. The molecular formula is C13H16N6O. The highest BCUT2D eigenvalue weighted by molar-refractivity contribution is 6.09. The van der Waals surface area contributed by atoms with E-state index in [-0.39, 0.29) is 11.9 Å². The van der Waals surface area contributed by atoms with Gasteiger partial charge in [0.1, 0.15) is 0 Å². The minimum atomic E-state index is -0.0778. The molecule has 0 saturated carbocycles. The van der Waals surface area contributed by atoms with Crippen LogP contribution in [0.4, 0.5) is 11.6 Å². The second kappa shape index (κ2) is 4.59. The predicted octanol–water partition coefficient (Wildman–Crippen LogP) is 1.46. The summed E-state index contributed by atoms with van der Waals surface area (Å²) in [5.74, 6) is 0.447. The molecule has 7 heteroatoms. The van der Waals surface area contributed by atoms with Crippen LogP contribution in [0.15, 0.2) is 18.6 Å². The van der Waals surface area contributed by atoms with Crippen LogP contribution < -0.4 is 10.2 Å². The molecule has 2 aromatic rings. The predicted molar refractivity (Wildman–Crippen MR) is 74.7 cm³/mol. The average Bonchev–Trinajstić information content (AvgIpc) is 3.03. The third-order valence-electron chi connectivity index (χ3n) is 3.30. The van der Waals surface area contributed by atoms with Crippen LogP contribution in [0.1, 0.15) is 35.9 Å². The maximum atomic E-state index is 12.4. The monoisotopic (exact) mass is 272 g/mol. The number of carbonyl (C=O) groups is 1. The fourth-order valence-electron chi connectivity index (χ4n) is 2.16. The van der Waals surface area contributed by atoms with Crippen molar-refractivity contribution in [2.24, 2.45) is 0 Å². The zero-order chi connectivity index (χ0) is 14.3.